The van der Waals surface area contributed by atoms with Crippen LogP contribution in [0.15, 0.2) is 24.3 Å². The smallest absolute Gasteiger partial charge is 0.328 e. The Balaban J connectivity index is 2.37. The zero-order chi connectivity index (χ0) is 14.5. The van der Waals surface area contributed by atoms with Crippen molar-refractivity contribution in [3.63, 3.8) is 0 Å². The molecule has 1 aliphatic heterocycles. The van der Waals surface area contributed by atoms with Gasteiger partial charge in [-0.3, -0.25) is 0 Å². The summed E-state index contributed by atoms with van der Waals surface area (Å²) in [6.45, 7) is 3.20. The third kappa shape index (κ3) is 3.54. The molecule has 0 bridgehead atoms. The van der Waals surface area contributed by atoms with Gasteiger partial charge < -0.3 is 10.0 Å². The maximum Gasteiger partial charge on any atom is 0.328 e. The summed E-state index contributed by atoms with van der Waals surface area (Å²) in [5.74, 6) is -0.934. The molecule has 1 fully saturated rings. The first-order chi connectivity index (χ1) is 9.61. The number of aliphatic carboxylic acids is 1. The normalized spacial score (nSPS) is 19.5. The Kier molecular flexibility index (Phi) is 5.07. The Bertz CT molecular complexity index is 513. The number of hydrogen-bond acceptors (Lipinski definition) is 2. The molecule has 1 unspecified atom stereocenters. The molecule has 0 aliphatic carbocycles. The molecule has 108 valence electrons. The first kappa shape index (κ1) is 14.9. The minimum atomic E-state index is -0.934. The minimum absolute atomic E-state index is 0.513. The zero-order valence-electron chi connectivity index (χ0n) is 11.7. The number of carboxylic acids is 1. The van der Waals surface area contributed by atoms with E-state index in [1.54, 1.807) is 12.1 Å². The molecule has 0 aromatic heterocycles. The highest BCUT2D eigenvalue weighted by Crippen LogP contribution is 2.32. The van der Waals surface area contributed by atoms with Crippen LogP contribution in [0, 0.1) is 0 Å². The number of benzene rings is 1. The molecule has 1 heterocycles. The summed E-state index contributed by atoms with van der Waals surface area (Å²) in [6.07, 6.45) is 7.54. The van der Waals surface area contributed by atoms with Crippen LogP contribution < -0.4 is 4.90 Å². The lowest BCUT2D eigenvalue weighted by Gasteiger charge is -2.38. The summed E-state index contributed by atoms with van der Waals surface area (Å²) in [7, 11) is 0. The Morgan fingerprint density at radius 3 is 3.00 bits per heavy atom. The third-order valence-corrected chi connectivity index (χ3v) is 4.04. The van der Waals surface area contributed by atoms with E-state index < -0.39 is 5.97 Å². The topological polar surface area (TPSA) is 40.5 Å². The summed E-state index contributed by atoms with van der Waals surface area (Å²) in [5.41, 5.74) is 1.96. The standard InChI is InChI=1S/C16H20ClNO2/c1-2-14-5-3-4-10-18(14)15-11-13(17)8-6-12(15)7-9-16(19)20/h6-9,11,14H,2-5,10H2,1H3,(H,19,20)/b9-7+. The van der Waals surface area contributed by atoms with Gasteiger partial charge in [-0.2, -0.15) is 0 Å². The average Bonchev–Trinajstić information content (AvgIpc) is 2.45. The molecule has 20 heavy (non-hydrogen) atoms. The van der Waals surface area contributed by atoms with Crippen molar-refractivity contribution < 1.29 is 9.90 Å². The van der Waals surface area contributed by atoms with E-state index in [1.165, 1.54) is 25.3 Å². The quantitative estimate of drug-likeness (QED) is 0.846. The number of piperidine rings is 1. The molecule has 4 heteroatoms. The van der Waals surface area contributed by atoms with Gasteiger partial charge in [0.05, 0.1) is 0 Å². The Morgan fingerprint density at radius 1 is 1.50 bits per heavy atom. The molecule has 0 saturated carbocycles. The van der Waals surface area contributed by atoms with Gasteiger partial charge in [-0.05, 0) is 49.5 Å². The van der Waals surface area contributed by atoms with Crippen LogP contribution in [-0.4, -0.2) is 23.7 Å². The molecule has 1 aromatic rings. The van der Waals surface area contributed by atoms with Crippen molar-refractivity contribution in [1.82, 2.24) is 0 Å². The van der Waals surface area contributed by atoms with Gasteiger partial charge in [0.15, 0.2) is 0 Å². The van der Waals surface area contributed by atoms with E-state index >= 15 is 0 Å². The van der Waals surface area contributed by atoms with Gasteiger partial charge in [0.25, 0.3) is 0 Å². The number of carboxylic acid groups (broad SMARTS) is 1. The number of rotatable bonds is 4. The van der Waals surface area contributed by atoms with E-state index in [4.69, 9.17) is 16.7 Å². The van der Waals surface area contributed by atoms with Gasteiger partial charge in [0.2, 0.25) is 0 Å². The fraction of sp³-hybridized carbons (Fsp3) is 0.438. The van der Waals surface area contributed by atoms with Crippen LogP contribution in [0.2, 0.25) is 5.02 Å². The van der Waals surface area contributed by atoms with Crippen LogP contribution in [0.25, 0.3) is 6.08 Å². The van der Waals surface area contributed by atoms with Gasteiger partial charge in [0.1, 0.15) is 0 Å². The maximum absolute atomic E-state index is 10.7. The van der Waals surface area contributed by atoms with Crippen LogP contribution in [0.4, 0.5) is 5.69 Å². The Labute approximate surface area is 124 Å². The number of hydrogen-bond donors (Lipinski definition) is 1. The van der Waals surface area contributed by atoms with Crippen LogP contribution in [-0.2, 0) is 4.79 Å². The second-order valence-electron chi connectivity index (χ2n) is 5.13. The van der Waals surface area contributed by atoms with Crippen LogP contribution in [0.5, 0.6) is 0 Å². The molecule has 3 nitrogen and oxygen atoms in total. The molecule has 1 aliphatic rings. The van der Waals surface area contributed by atoms with Crippen molar-refractivity contribution in [2.45, 2.75) is 38.6 Å². The van der Waals surface area contributed by atoms with E-state index in [1.807, 2.05) is 12.1 Å². The molecular formula is C16H20ClNO2. The fourth-order valence-electron chi connectivity index (χ4n) is 2.81. The number of nitrogens with zero attached hydrogens (tertiary/aromatic N) is 1. The molecule has 1 aromatic carbocycles. The van der Waals surface area contributed by atoms with E-state index in [-0.39, 0.29) is 0 Å². The number of anilines is 1. The van der Waals surface area contributed by atoms with E-state index in [0.29, 0.717) is 11.1 Å². The first-order valence-corrected chi connectivity index (χ1v) is 7.47. The fourth-order valence-corrected chi connectivity index (χ4v) is 2.98. The van der Waals surface area contributed by atoms with E-state index in [2.05, 4.69) is 11.8 Å². The summed E-state index contributed by atoms with van der Waals surface area (Å²) in [5, 5.41) is 9.49. The molecule has 1 saturated heterocycles. The van der Waals surface area contributed by atoms with Gasteiger partial charge >= 0.3 is 5.97 Å². The van der Waals surface area contributed by atoms with Crippen molar-refractivity contribution in [2.24, 2.45) is 0 Å². The number of carbonyl (C=O) groups is 1. The lowest BCUT2D eigenvalue weighted by Crippen LogP contribution is -2.39. The van der Waals surface area contributed by atoms with Gasteiger partial charge in [-0.25, -0.2) is 4.79 Å². The lowest BCUT2D eigenvalue weighted by atomic mass is 9.98. The van der Waals surface area contributed by atoms with Crippen molar-refractivity contribution in [1.29, 1.82) is 0 Å². The molecule has 0 spiro atoms. The molecule has 0 amide bonds. The molecular weight excluding hydrogens is 274 g/mol. The second-order valence-corrected chi connectivity index (χ2v) is 5.56. The van der Waals surface area contributed by atoms with Crippen LogP contribution in [0.1, 0.15) is 38.2 Å². The zero-order valence-corrected chi connectivity index (χ0v) is 12.4. The number of halogens is 1. The van der Waals surface area contributed by atoms with E-state index in [9.17, 15) is 4.79 Å². The SMILES string of the molecule is CCC1CCCCN1c1cc(Cl)ccc1/C=C/C(=O)O. The largest absolute Gasteiger partial charge is 0.478 e. The summed E-state index contributed by atoms with van der Waals surface area (Å²) in [6, 6.07) is 6.15. The molecule has 1 atom stereocenters. The van der Waals surface area contributed by atoms with Crippen molar-refractivity contribution >= 4 is 29.3 Å². The highest BCUT2D eigenvalue weighted by atomic mass is 35.5. The third-order valence-electron chi connectivity index (χ3n) is 3.81. The predicted octanol–water partition coefficient (Wildman–Crippen LogP) is 4.21. The second kappa shape index (κ2) is 6.80. The first-order valence-electron chi connectivity index (χ1n) is 7.09. The van der Waals surface area contributed by atoms with Gasteiger partial charge in [0, 0.05) is 29.4 Å². The molecule has 1 N–H and O–H groups in total. The maximum atomic E-state index is 10.7. The van der Waals surface area contributed by atoms with Crippen LogP contribution in [0.3, 0.4) is 0 Å². The highest BCUT2D eigenvalue weighted by Gasteiger charge is 2.22. The Morgan fingerprint density at radius 2 is 2.30 bits per heavy atom. The Hall–Kier alpha value is -1.48. The summed E-state index contributed by atoms with van der Waals surface area (Å²) < 4.78 is 0. The van der Waals surface area contributed by atoms with Crippen molar-refractivity contribution in [3.8, 4) is 0 Å². The summed E-state index contributed by atoms with van der Waals surface area (Å²) in [4.78, 5) is 13.1. The van der Waals surface area contributed by atoms with E-state index in [0.717, 1.165) is 24.2 Å². The minimum Gasteiger partial charge on any atom is -0.478 e. The highest BCUT2D eigenvalue weighted by molar-refractivity contribution is 6.31. The monoisotopic (exact) mass is 293 g/mol. The molecule has 2 rings (SSSR count). The molecule has 0 radical (unpaired) electrons. The average molecular weight is 294 g/mol. The van der Waals surface area contributed by atoms with Crippen molar-refractivity contribution in [2.75, 3.05) is 11.4 Å². The van der Waals surface area contributed by atoms with Gasteiger partial charge in [-0.15, -0.1) is 0 Å². The van der Waals surface area contributed by atoms with Crippen molar-refractivity contribution in [3.05, 3.63) is 34.9 Å². The lowest BCUT2D eigenvalue weighted by molar-refractivity contribution is -0.131. The van der Waals surface area contributed by atoms with Crippen LogP contribution >= 0.6 is 11.6 Å². The van der Waals surface area contributed by atoms with Gasteiger partial charge in [-0.1, -0.05) is 24.6 Å². The summed E-state index contributed by atoms with van der Waals surface area (Å²) >= 11 is 6.12. The predicted molar refractivity (Wildman–Crippen MR) is 83.4 cm³/mol.